The summed E-state index contributed by atoms with van der Waals surface area (Å²) in [4.78, 5) is 12.2. The lowest BCUT2D eigenvalue weighted by Gasteiger charge is -2.19. The molecule has 4 rings (SSSR count). The summed E-state index contributed by atoms with van der Waals surface area (Å²) in [6, 6.07) is 12.3. The predicted molar refractivity (Wildman–Crippen MR) is 98.3 cm³/mol. The van der Waals surface area contributed by atoms with Crippen LogP contribution in [0.2, 0.25) is 0 Å². The van der Waals surface area contributed by atoms with Crippen molar-refractivity contribution in [2.45, 2.75) is 6.54 Å². The van der Waals surface area contributed by atoms with Crippen LogP contribution in [0.15, 0.2) is 60.5 Å². The van der Waals surface area contributed by atoms with Crippen molar-refractivity contribution in [2.75, 3.05) is 18.5 Å². The van der Waals surface area contributed by atoms with Gasteiger partial charge in [0.2, 0.25) is 0 Å². The number of fused-ring (bicyclic) bond motifs is 1. The Hall–Kier alpha value is -2.73. The molecule has 0 bridgehead atoms. The van der Waals surface area contributed by atoms with Gasteiger partial charge in [0.25, 0.3) is 0 Å². The zero-order valence-corrected chi connectivity index (χ0v) is 14.1. The van der Waals surface area contributed by atoms with Gasteiger partial charge in [0.1, 0.15) is 17.0 Å². The van der Waals surface area contributed by atoms with Gasteiger partial charge in [-0.2, -0.15) is 5.10 Å². The van der Waals surface area contributed by atoms with E-state index >= 15 is 0 Å². The van der Waals surface area contributed by atoms with E-state index in [1.165, 1.54) is 11.1 Å². The first-order valence-electron chi connectivity index (χ1n) is 7.79. The summed E-state index contributed by atoms with van der Waals surface area (Å²) in [5.74, 6) is 0.965. The number of hydrogen-bond donors (Lipinski definition) is 0. The van der Waals surface area contributed by atoms with Crippen LogP contribution in [0.3, 0.4) is 0 Å². The second kappa shape index (κ2) is 6.41. The van der Waals surface area contributed by atoms with Crippen molar-refractivity contribution in [3.8, 4) is 11.1 Å². The summed E-state index contributed by atoms with van der Waals surface area (Å²) in [5.41, 5.74) is 2.39. The van der Waals surface area contributed by atoms with Crippen molar-refractivity contribution in [2.24, 2.45) is 0 Å². The largest absolute Gasteiger partial charge is 0.357 e. The molecular formula is C18H17N5S. The molecule has 6 heteroatoms. The van der Waals surface area contributed by atoms with Crippen LogP contribution in [-0.4, -0.2) is 33.3 Å². The van der Waals surface area contributed by atoms with E-state index in [4.69, 9.17) is 0 Å². The molecule has 0 unspecified atom stereocenters. The van der Waals surface area contributed by atoms with Crippen LogP contribution < -0.4 is 4.90 Å². The second-order valence-corrected chi connectivity index (χ2v) is 6.44. The molecule has 0 atom stereocenters. The number of nitrogens with zero attached hydrogens (tertiary/aromatic N) is 5. The number of rotatable bonds is 5. The lowest BCUT2D eigenvalue weighted by molar-refractivity contribution is 0.610. The molecule has 24 heavy (non-hydrogen) atoms. The first kappa shape index (κ1) is 14.8. The highest BCUT2D eigenvalue weighted by atomic mass is 32.1. The van der Waals surface area contributed by atoms with Crippen LogP contribution in [0.5, 0.6) is 0 Å². The molecule has 0 saturated carbocycles. The first-order chi connectivity index (χ1) is 11.8. The number of thiophene rings is 1. The summed E-state index contributed by atoms with van der Waals surface area (Å²) in [6.07, 6.45) is 5.42. The number of benzene rings is 1. The maximum absolute atomic E-state index is 4.56. The van der Waals surface area contributed by atoms with Crippen LogP contribution in [0.4, 0.5) is 5.82 Å². The third-order valence-electron chi connectivity index (χ3n) is 4.02. The minimum atomic E-state index is 0.819. The van der Waals surface area contributed by atoms with Crippen LogP contribution in [-0.2, 0) is 6.54 Å². The molecule has 120 valence electrons. The molecule has 0 saturated heterocycles. The Balaban J connectivity index is 1.71. The zero-order valence-electron chi connectivity index (χ0n) is 13.3. The Bertz CT molecular complexity index is 931. The molecule has 0 fully saturated rings. The maximum atomic E-state index is 4.56. The van der Waals surface area contributed by atoms with Gasteiger partial charge in [0.05, 0.1) is 11.9 Å². The molecule has 0 spiro atoms. The molecule has 0 radical (unpaired) electrons. The predicted octanol–water partition coefficient (Wildman–Crippen LogP) is 3.69. The topological polar surface area (TPSA) is 46.8 Å². The fraction of sp³-hybridized carbons (Fsp3) is 0.167. The monoisotopic (exact) mass is 335 g/mol. The number of aromatic nitrogens is 4. The highest BCUT2D eigenvalue weighted by molar-refractivity contribution is 7.17. The zero-order chi connectivity index (χ0) is 16.4. The molecule has 0 aliphatic carbocycles. The van der Waals surface area contributed by atoms with Crippen molar-refractivity contribution in [3.63, 3.8) is 0 Å². The van der Waals surface area contributed by atoms with E-state index in [1.54, 1.807) is 23.9 Å². The third-order valence-corrected chi connectivity index (χ3v) is 4.91. The summed E-state index contributed by atoms with van der Waals surface area (Å²) in [5, 5.41) is 7.55. The Morgan fingerprint density at radius 2 is 2.00 bits per heavy atom. The molecule has 0 aliphatic rings. The normalized spacial score (nSPS) is 11.0. The highest BCUT2D eigenvalue weighted by Gasteiger charge is 2.15. The van der Waals surface area contributed by atoms with E-state index < -0.39 is 0 Å². The Kier molecular flexibility index (Phi) is 3.96. The first-order valence-corrected chi connectivity index (χ1v) is 8.67. The molecule has 4 aromatic rings. The lowest BCUT2D eigenvalue weighted by atomic mass is 10.1. The smallest absolute Gasteiger partial charge is 0.141 e. The van der Waals surface area contributed by atoms with Crippen LogP contribution in [0, 0.1) is 0 Å². The van der Waals surface area contributed by atoms with E-state index in [0.29, 0.717) is 0 Å². The minimum Gasteiger partial charge on any atom is -0.357 e. The maximum Gasteiger partial charge on any atom is 0.141 e. The number of likely N-dealkylation sites (N-methyl/N-ethyl adjacent to an activating group) is 1. The Labute approximate surface area is 144 Å². The molecule has 0 N–H and O–H groups in total. The molecule has 1 aromatic carbocycles. The summed E-state index contributed by atoms with van der Waals surface area (Å²) >= 11 is 1.66. The Morgan fingerprint density at radius 3 is 2.79 bits per heavy atom. The van der Waals surface area contributed by atoms with E-state index in [1.807, 2.05) is 23.0 Å². The van der Waals surface area contributed by atoms with E-state index in [-0.39, 0.29) is 0 Å². The Morgan fingerprint density at radius 1 is 1.12 bits per heavy atom. The van der Waals surface area contributed by atoms with Crippen molar-refractivity contribution in [3.05, 3.63) is 60.5 Å². The van der Waals surface area contributed by atoms with Gasteiger partial charge in [-0.15, -0.1) is 11.3 Å². The van der Waals surface area contributed by atoms with E-state index in [0.717, 1.165) is 29.1 Å². The van der Waals surface area contributed by atoms with Gasteiger partial charge in [0.15, 0.2) is 0 Å². The summed E-state index contributed by atoms with van der Waals surface area (Å²) < 4.78 is 1.93. The van der Waals surface area contributed by atoms with Crippen molar-refractivity contribution >= 4 is 27.4 Å². The average molecular weight is 335 g/mol. The van der Waals surface area contributed by atoms with Gasteiger partial charge in [0, 0.05) is 36.9 Å². The quantitative estimate of drug-likeness (QED) is 0.558. The van der Waals surface area contributed by atoms with Gasteiger partial charge >= 0.3 is 0 Å². The van der Waals surface area contributed by atoms with Crippen molar-refractivity contribution in [1.29, 1.82) is 0 Å². The third kappa shape index (κ3) is 2.76. The van der Waals surface area contributed by atoms with Crippen LogP contribution >= 0.6 is 11.3 Å². The van der Waals surface area contributed by atoms with Crippen LogP contribution in [0.1, 0.15) is 0 Å². The van der Waals surface area contributed by atoms with Gasteiger partial charge in [-0.3, -0.25) is 4.68 Å². The van der Waals surface area contributed by atoms with Crippen molar-refractivity contribution in [1.82, 2.24) is 19.7 Å². The second-order valence-electron chi connectivity index (χ2n) is 5.58. The van der Waals surface area contributed by atoms with Gasteiger partial charge in [-0.25, -0.2) is 9.97 Å². The van der Waals surface area contributed by atoms with Crippen LogP contribution in [0.25, 0.3) is 21.3 Å². The average Bonchev–Trinajstić information content (AvgIpc) is 3.29. The number of anilines is 1. The molecule has 5 nitrogen and oxygen atoms in total. The SMILES string of the molecule is CN(CCn1cccn1)c1ncnc2scc(-c3ccccc3)c12. The van der Waals surface area contributed by atoms with Crippen molar-refractivity contribution < 1.29 is 0 Å². The molecule has 0 aliphatic heterocycles. The molecule has 3 aromatic heterocycles. The minimum absolute atomic E-state index is 0.819. The standard InChI is InChI=1S/C18H17N5S/c1-22(10-11-23-9-5-8-21-23)17-16-15(14-6-3-2-4-7-14)12-24-18(16)20-13-19-17/h2-9,12-13H,10-11H2,1H3. The van der Waals surface area contributed by atoms with Gasteiger partial charge < -0.3 is 4.90 Å². The molecule has 0 amide bonds. The van der Waals surface area contributed by atoms with Gasteiger partial charge in [-0.1, -0.05) is 30.3 Å². The molecule has 3 heterocycles. The van der Waals surface area contributed by atoms with Gasteiger partial charge in [-0.05, 0) is 11.6 Å². The van der Waals surface area contributed by atoms with E-state index in [2.05, 4.69) is 56.7 Å². The highest BCUT2D eigenvalue weighted by Crippen LogP contribution is 2.37. The van der Waals surface area contributed by atoms with E-state index in [9.17, 15) is 0 Å². The summed E-state index contributed by atoms with van der Waals surface area (Å²) in [7, 11) is 2.07. The lowest BCUT2D eigenvalue weighted by Crippen LogP contribution is -2.24. The fourth-order valence-electron chi connectivity index (χ4n) is 2.77. The number of hydrogen-bond acceptors (Lipinski definition) is 5. The summed E-state index contributed by atoms with van der Waals surface area (Å²) in [6.45, 7) is 1.65. The molecular weight excluding hydrogens is 318 g/mol. The fourth-order valence-corrected chi connectivity index (χ4v) is 3.68.